The fourth-order valence-corrected chi connectivity index (χ4v) is 2.08. The van der Waals surface area contributed by atoms with Crippen LogP contribution in [-0.2, 0) is 4.74 Å². The van der Waals surface area contributed by atoms with Crippen molar-refractivity contribution in [2.24, 2.45) is 0 Å². The quantitative estimate of drug-likeness (QED) is 0.898. The molecule has 0 fully saturated rings. The minimum Gasteiger partial charge on any atom is -0.383 e. The largest absolute Gasteiger partial charge is 0.383 e. The van der Waals surface area contributed by atoms with Crippen LogP contribution in [-0.4, -0.2) is 20.3 Å². The molecule has 1 atom stereocenters. The summed E-state index contributed by atoms with van der Waals surface area (Å²) in [5.41, 5.74) is 1.06. The first-order valence-corrected chi connectivity index (χ1v) is 6.03. The molecule has 0 aromatic heterocycles. The van der Waals surface area contributed by atoms with Gasteiger partial charge in [-0.15, -0.1) is 0 Å². The third kappa shape index (κ3) is 3.76. The van der Waals surface area contributed by atoms with Crippen LogP contribution in [0.4, 0.5) is 0 Å². The highest BCUT2D eigenvalue weighted by Crippen LogP contribution is 2.26. The first-order valence-electron chi connectivity index (χ1n) is 4.86. The average Bonchev–Trinajstić information content (AvgIpc) is 2.21. The molecule has 0 aliphatic heterocycles. The Kier molecular flexibility index (Phi) is 5.61. The summed E-state index contributed by atoms with van der Waals surface area (Å²) >= 11 is 9.59. The monoisotopic (exact) mass is 291 g/mol. The molecule has 0 heterocycles. The number of hydrogen-bond donors (Lipinski definition) is 1. The van der Waals surface area contributed by atoms with E-state index in [1.807, 2.05) is 18.2 Å². The highest BCUT2D eigenvalue weighted by Gasteiger charge is 2.13. The van der Waals surface area contributed by atoms with Gasteiger partial charge in [0, 0.05) is 16.6 Å². The summed E-state index contributed by atoms with van der Waals surface area (Å²) in [7, 11) is 1.69. The molecule has 0 bridgehead atoms. The molecule has 1 rings (SSSR count). The van der Waals surface area contributed by atoms with Crippen LogP contribution in [0.5, 0.6) is 0 Å². The first-order chi connectivity index (χ1) is 7.19. The number of methoxy groups -OCH3 is 1. The number of halogens is 2. The predicted molar refractivity (Wildman–Crippen MR) is 67.4 cm³/mol. The Morgan fingerprint density at radius 3 is 2.87 bits per heavy atom. The molecule has 0 amide bonds. The standard InChI is InChI=1S/C11H15BrClNO/c1-3-14-11(7-15-2)9-6-8(12)4-5-10(9)13/h4-6,11,14H,3,7H2,1-2H3. The van der Waals surface area contributed by atoms with E-state index in [1.165, 1.54) is 0 Å². The number of ether oxygens (including phenoxy) is 1. The highest BCUT2D eigenvalue weighted by molar-refractivity contribution is 9.10. The van der Waals surface area contributed by atoms with Crippen LogP contribution in [0.3, 0.4) is 0 Å². The summed E-state index contributed by atoms with van der Waals surface area (Å²) in [6.07, 6.45) is 0. The molecular formula is C11H15BrClNO. The van der Waals surface area contributed by atoms with E-state index in [0.717, 1.165) is 21.6 Å². The molecule has 0 saturated heterocycles. The zero-order valence-corrected chi connectivity index (χ0v) is 11.2. The zero-order valence-electron chi connectivity index (χ0n) is 8.89. The average molecular weight is 293 g/mol. The summed E-state index contributed by atoms with van der Waals surface area (Å²) in [6.45, 7) is 3.56. The van der Waals surface area contributed by atoms with E-state index >= 15 is 0 Å². The van der Waals surface area contributed by atoms with E-state index in [2.05, 4.69) is 28.2 Å². The third-order valence-corrected chi connectivity index (χ3v) is 2.95. The molecule has 1 aromatic carbocycles. The summed E-state index contributed by atoms with van der Waals surface area (Å²) in [4.78, 5) is 0. The van der Waals surface area contributed by atoms with Gasteiger partial charge in [0.15, 0.2) is 0 Å². The minimum absolute atomic E-state index is 0.144. The molecule has 2 nitrogen and oxygen atoms in total. The number of benzene rings is 1. The van der Waals surface area contributed by atoms with Crippen molar-refractivity contribution in [1.82, 2.24) is 5.32 Å². The lowest BCUT2D eigenvalue weighted by Gasteiger charge is -2.18. The highest BCUT2D eigenvalue weighted by atomic mass is 79.9. The SMILES string of the molecule is CCNC(COC)c1cc(Br)ccc1Cl. The molecule has 1 N–H and O–H groups in total. The van der Waals surface area contributed by atoms with Crippen molar-refractivity contribution in [2.45, 2.75) is 13.0 Å². The maximum Gasteiger partial charge on any atom is 0.0658 e. The second-order valence-electron chi connectivity index (χ2n) is 3.23. The van der Waals surface area contributed by atoms with Crippen molar-refractivity contribution in [3.8, 4) is 0 Å². The van der Waals surface area contributed by atoms with Crippen LogP contribution in [0.15, 0.2) is 22.7 Å². The van der Waals surface area contributed by atoms with Crippen LogP contribution in [0, 0.1) is 0 Å². The van der Waals surface area contributed by atoms with Crippen LogP contribution in [0.2, 0.25) is 5.02 Å². The molecule has 0 spiro atoms. The van der Waals surface area contributed by atoms with E-state index in [1.54, 1.807) is 7.11 Å². The minimum atomic E-state index is 0.144. The van der Waals surface area contributed by atoms with Gasteiger partial charge in [0.25, 0.3) is 0 Å². The Morgan fingerprint density at radius 2 is 2.27 bits per heavy atom. The van der Waals surface area contributed by atoms with Gasteiger partial charge in [0.05, 0.1) is 12.6 Å². The van der Waals surface area contributed by atoms with Crippen molar-refractivity contribution in [3.63, 3.8) is 0 Å². The number of hydrogen-bond acceptors (Lipinski definition) is 2. The van der Waals surface area contributed by atoms with Crippen molar-refractivity contribution in [3.05, 3.63) is 33.3 Å². The molecule has 15 heavy (non-hydrogen) atoms. The Morgan fingerprint density at radius 1 is 1.53 bits per heavy atom. The first kappa shape index (κ1) is 13.0. The second kappa shape index (κ2) is 6.48. The van der Waals surface area contributed by atoms with Gasteiger partial charge in [-0.1, -0.05) is 34.5 Å². The maximum absolute atomic E-state index is 6.15. The zero-order chi connectivity index (χ0) is 11.3. The van der Waals surface area contributed by atoms with Gasteiger partial charge in [-0.3, -0.25) is 0 Å². The van der Waals surface area contributed by atoms with Crippen molar-refractivity contribution in [1.29, 1.82) is 0 Å². The topological polar surface area (TPSA) is 21.3 Å². The van der Waals surface area contributed by atoms with Crippen LogP contribution in [0.1, 0.15) is 18.5 Å². The third-order valence-electron chi connectivity index (χ3n) is 2.12. The van der Waals surface area contributed by atoms with Crippen molar-refractivity contribution >= 4 is 27.5 Å². The Hall–Kier alpha value is -0.0900. The van der Waals surface area contributed by atoms with E-state index in [9.17, 15) is 0 Å². The summed E-state index contributed by atoms with van der Waals surface area (Å²) < 4.78 is 6.20. The van der Waals surface area contributed by atoms with Gasteiger partial charge in [-0.05, 0) is 30.3 Å². The van der Waals surface area contributed by atoms with Gasteiger partial charge >= 0.3 is 0 Å². The second-order valence-corrected chi connectivity index (χ2v) is 4.55. The molecular weight excluding hydrogens is 277 g/mol. The van der Waals surface area contributed by atoms with Crippen molar-refractivity contribution in [2.75, 3.05) is 20.3 Å². The van der Waals surface area contributed by atoms with Crippen LogP contribution in [0.25, 0.3) is 0 Å². The molecule has 0 aliphatic carbocycles. The summed E-state index contributed by atoms with van der Waals surface area (Å²) in [5.74, 6) is 0. The van der Waals surface area contributed by atoms with Gasteiger partial charge in [-0.25, -0.2) is 0 Å². The normalized spacial score (nSPS) is 12.8. The molecule has 1 unspecified atom stereocenters. The Bertz CT molecular complexity index is 313. The molecule has 1 aromatic rings. The number of likely N-dealkylation sites (N-methyl/N-ethyl adjacent to an activating group) is 1. The smallest absolute Gasteiger partial charge is 0.0658 e. The van der Waals surface area contributed by atoms with Crippen LogP contribution >= 0.6 is 27.5 Å². The number of nitrogens with one attached hydrogen (secondary N) is 1. The Balaban J connectivity index is 2.93. The fraction of sp³-hybridized carbons (Fsp3) is 0.455. The maximum atomic E-state index is 6.15. The lowest BCUT2D eigenvalue weighted by molar-refractivity contribution is 0.168. The lowest BCUT2D eigenvalue weighted by Crippen LogP contribution is -2.25. The van der Waals surface area contributed by atoms with Gasteiger partial charge < -0.3 is 10.1 Å². The summed E-state index contributed by atoms with van der Waals surface area (Å²) in [6, 6.07) is 5.99. The van der Waals surface area contributed by atoms with E-state index in [0.29, 0.717) is 6.61 Å². The van der Waals surface area contributed by atoms with E-state index < -0.39 is 0 Å². The number of rotatable bonds is 5. The molecule has 0 aliphatic rings. The fourth-order valence-electron chi connectivity index (χ4n) is 1.45. The molecule has 0 saturated carbocycles. The van der Waals surface area contributed by atoms with Gasteiger partial charge in [0.1, 0.15) is 0 Å². The van der Waals surface area contributed by atoms with Gasteiger partial charge in [-0.2, -0.15) is 0 Å². The lowest BCUT2D eigenvalue weighted by atomic mass is 10.1. The summed E-state index contributed by atoms with van der Waals surface area (Å²) in [5, 5.41) is 4.10. The molecule has 84 valence electrons. The van der Waals surface area contributed by atoms with E-state index in [4.69, 9.17) is 16.3 Å². The van der Waals surface area contributed by atoms with Crippen molar-refractivity contribution < 1.29 is 4.74 Å². The van der Waals surface area contributed by atoms with Gasteiger partial charge in [0.2, 0.25) is 0 Å². The van der Waals surface area contributed by atoms with E-state index in [-0.39, 0.29) is 6.04 Å². The predicted octanol–water partition coefficient (Wildman–Crippen LogP) is 3.40. The van der Waals surface area contributed by atoms with Crippen LogP contribution < -0.4 is 5.32 Å². The Labute approximate surface area is 104 Å². The molecule has 0 radical (unpaired) electrons. The molecule has 4 heteroatoms.